The molecule has 0 saturated carbocycles. The van der Waals surface area contributed by atoms with Gasteiger partial charge in [0.25, 0.3) is 0 Å². The smallest absolute Gasteiger partial charge is 0.313 e. The highest BCUT2D eigenvalue weighted by atomic mass is 35.5. The molecule has 2 aromatic rings. The van der Waals surface area contributed by atoms with Crippen LogP contribution in [-0.4, -0.2) is 12.2 Å². The molecule has 0 bridgehead atoms. The third kappa shape index (κ3) is 5.54. The first-order valence-corrected chi connectivity index (χ1v) is 7.99. The standard InChI is InChI=1S/C17H14Cl3NO2/c1-10(2)17(22)23-16-4-11(3-12(18)8-16)9-21-15-6-13(19)5-14(20)7-15/h3-10H,1-2H3. The van der Waals surface area contributed by atoms with Crippen molar-refractivity contribution >= 4 is 52.7 Å². The van der Waals surface area contributed by atoms with Gasteiger partial charge in [0.05, 0.1) is 11.6 Å². The summed E-state index contributed by atoms with van der Waals surface area (Å²) < 4.78 is 5.26. The molecule has 0 N–H and O–H groups in total. The number of benzene rings is 2. The van der Waals surface area contributed by atoms with Gasteiger partial charge in [-0.25, -0.2) is 0 Å². The lowest BCUT2D eigenvalue weighted by Crippen LogP contribution is -2.14. The van der Waals surface area contributed by atoms with Crippen molar-refractivity contribution in [1.82, 2.24) is 0 Å². The topological polar surface area (TPSA) is 38.7 Å². The van der Waals surface area contributed by atoms with Crippen LogP contribution in [0.5, 0.6) is 5.75 Å². The number of hydrogen-bond donors (Lipinski definition) is 0. The van der Waals surface area contributed by atoms with E-state index in [4.69, 9.17) is 39.5 Å². The zero-order chi connectivity index (χ0) is 17.0. The molecule has 6 heteroatoms. The van der Waals surface area contributed by atoms with Crippen LogP contribution >= 0.6 is 34.8 Å². The van der Waals surface area contributed by atoms with Crippen LogP contribution in [0.25, 0.3) is 0 Å². The van der Waals surface area contributed by atoms with Crippen molar-refractivity contribution in [2.45, 2.75) is 13.8 Å². The lowest BCUT2D eigenvalue weighted by molar-refractivity contribution is -0.137. The number of nitrogens with zero attached hydrogens (tertiary/aromatic N) is 1. The molecule has 0 spiro atoms. The van der Waals surface area contributed by atoms with Gasteiger partial charge < -0.3 is 4.74 Å². The number of esters is 1. The average Bonchev–Trinajstić information content (AvgIpc) is 2.43. The Morgan fingerprint density at radius 2 is 1.61 bits per heavy atom. The SMILES string of the molecule is CC(C)C(=O)Oc1cc(Cl)cc(C=Nc2cc(Cl)cc(Cl)c2)c1. The molecule has 120 valence electrons. The molecule has 0 atom stereocenters. The molecule has 2 rings (SSSR count). The van der Waals surface area contributed by atoms with Gasteiger partial charge in [0.2, 0.25) is 0 Å². The van der Waals surface area contributed by atoms with Crippen molar-refractivity contribution in [3.05, 3.63) is 57.0 Å². The van der Waals surface area contributed by atoms with Crippen molar-refractivity contribution in [3.63, 3.8) is 0 Å². The third-order valence-electron chi connectivity index (χ3n) is 2.79. The predicted molar refractivity (Wildman–Crippen MR) is 95.6 cm³/mol. The summed E-state index contributed by atoms with van der Waals surface area (Å²) in [5, 5.41) is 1.45. The van der Waals surface area contributed by atoms with Gasteiger partial charge in [-0.3, -0.25) is 9.79 Å². The van der Waals surface area contributed by atoms with Crippen molar-refractivity contribution < 1.29 is 9.53 Å². The molecule has 0 aliphatic heterocycles. The van der Waals surface area contributed by atoms with Crippen LogP contribution in [0, 0.1) is 5.92 Å². The Bertz CT molecular complexity index is 737. The van der Waals surface area contributed by atoms with E-state index in [9.17, 15) is 4.79 Å². The molecule has 0 amide bonds. The van der Waals surface area contributed by atoms with E-state index in [1.807, 2.05) is 0 Å². The van der Waals surface area contributed by atoms with Crippen LogP contribution in [0.15, 0.2) is 41.4 Å². The van der Waals surface area contributed by atoms with Gasteiger partial charge in [0.15, 0.2) is 0 Å². The second-order valence-electron chi connectivity index (χ2n) is 5.18. The molecule has 0 fully saturated rings. The van der Waals surface area contributed by atoms with Crippen LogP contribution in [-0.2, 0) is 4.79 Å². The van der Waals surface area contributed by atoms with Gasteiger partial charge in [-0.1, -0.05) is 48.7 Å². The number of carbonyl (C=O) groups is 1. The number of hydrogen-bond acceptors (Lipinski definition) is 3. The van der Waals surface area contributed by atoms with E-state index in [0.717, 1.165) is 0 Å². The number of aliphatic imine (C=N–C) groups is 1. The summed E-state index contributed by atoms with van der Waals surface area (Å²) in [6, 6.07) is 9.98. The van der Waals surface area contributed by atoms with Crippen LogP contribution in [0.3, 0.4) is 0 Å². The van der Waals surface area contributed by atoms with Crippen LogP contribution < -0.4 is 4.74 Å². The number of carbonyl (C=O) groups excluding carboxylic acids is 1. The van der Waals surface area contributed by atoms with E-state index in [1.165, 1.54) is 0 Å². The molecule has 0 aliphatic rings. The van der Waals surface area contributed by atoms with Crippen molar-refractivity contribution in [2.75, 3.05) is 0 Å². The minimum atomic E-state index is -0.322. The summed E-state index contributed by atoms with van der Waals surface area (Å²) in [5.41, 5.74) is 1.31. The second-order valence-corrected chi connectivity index (χ2v) is 6.49. The molecule has 0 heterocycles. The van der Waals surface area contributed by atoms with Gasteiger partial charge in [0, 0.05) is 21.3 Å². The molecule has 0 saturated heterocycles. The Labute approximate surface area is 149 Å². The van der Waals surface area contributed by atoms with Gasteiger partial charge in [-0.2, -0.15) is 0 Å². The Kier molecular flexibility index (Phi) is 6.05. The summed E-state index contributed by atoms with van der Waals surface area (Å²) in [5.74, 6) is -0.168. The second kappa shape index (κ2) is 7.82. The minimum Gasteiger partial charge on any atom is -0.426 e. The van der Waals surface area contributed by atoms with Crippen LogP contribution in [0.4, 0.5) is 5.69 Å². The summed E-state index contributed by atoms with van der Waals surface area (Å²) in [6.45, 7) is 3.52. The first kappa shape index (κ1) is 17.8. The molecule has 23 heavy (non-hydrogen) atoms. The average molecular weight is 371 g/mol. The normalized spacial score (nSPS) is 11.2. The maximum atomic E-state index is 11.7. The maximum absolute atomic E-state index is 11.7. The lowest BCUT2D eigenvalue weighted by Gasteiger charge is -2.07. The fourth-order valence-electron chi connectivity index (χ4n) is 1.71. The fraction of sp³-hybridized carbons (Fsp3) is 0.176. The van der Waals surface area contributed by atoms with Gasteiger partial charge in [-0.05, 0) is 42.0 Å². The largest absolute Gasteiger partial charge is 0.426 e. The Morgan fingerprint density at radius 1 is 1.00 bits per heavy atom. The van der Waals surface area contributed by atoms with E-state index in [1.54, 1.807) is 56.5 Å². The van der Waals surface area contributed by atoms with Crippen molar-refractivity contribution in [1.29, 1.82) is 0 Å². The molecule has 2 aromatic carbocycles. The molecule has 0 aliphatic carbocycles. The third-order valence-corrected chi connectivity index (χ3v) is 3.45. The highest BCUT2D eigenvalue weighted by molar-refractivity contribution is 6.35. The Balaban J connectivity index is 2.24. The molecule has 0 unspecified atom stereocenters. The highest BCUT2D eigenvalue weighted by Crippen LogP contribution is 2.25. The minimum absolute atomic E-state index is 0.222. The monoisotopic (exact) mass is 369 g/mol. The van der Waals surface area contributed by atoms with E-state index < -0.39 is 0 Å². The fourth-order valence-corrected chi connectivity index (χ4v) is 2.46. The predicted octanol–water partition coefficient (Wildman–Crippen LogP) is 5.96. The Morgan fingerprint density at radius 3 is 2.22 bits per heavy atom. The van der Waals surface area contributed by atoms with Crippen LogP contribution in [0.1, 0.15) is 19.4 Å². The zero-order valence-corrected chi connectivity index (χ0v) is 14.8. The highest BCUT2D eigenvalue weighted by Gasteiger charge is 2.10. The maximum Gasteiger partial charge on any atom is 0.313 e. The first-order valence-electron chi connectivity index (χ1n) is 6.86. The van der Waals surface area contributed by atoms with Crippen molar-refractivity contribution in [3.8, 4) is 5.75 Å². The van der Waals surface area contributed by atoms with E-state index in [-0.39, 0.29) is 11.9 Å². The number of ether oxygens (including phenoxy) is 1. The zero-order valence-electron chi connectivity index (χ0n) is 12.5. The lowest BCUT2D eigenvalue weighted by atomic mass is 10.2. The summed E-state index contributed by atoms with van der Waals surface area (Å²) in [7, 11) is 0. The summed E-state index contributed by atoms with van der Waals surface area (Å²) in [6.07, 6.45) is 1.60. The van der Waals surface area contributed by atoms with Gasteiger partial charge in [-0.15, -0.1) is 0 Å². The summed E-state index contributed by atoms with van der Waals surface area (Å²) in [4.78, 5) is 16.0. The summed E-state index contributed by atoms with van der Waals surface area (Å²) >= 11 is 17.9. The Hall–Kier alpha value is -1.55. The molecule has 0 radical (unpaired) electrons. The van der Waals surface area contributed by atoms with E-state index >= 15 is 0 Å². The van der Waals surface area contributed by atoms with E-state index in [0.29, 0.717) is 32.1 Å². The first-order chi connectivity index (χ1) is 10.8. The number of rotatable bonds is 4. The van der Waals surface area contributed by atoms with Crippen LogP contribution in [0.2, 0.25) is 15.1 Å². The van der Waals surface area contributed by atoms with Gasteiger partial charge >= 0.3 is 5.97 Å². The molecular formula is C17H14Cl3NO2. The molecule has 0 aromatic heterocycles. The van der Waals surface area contributed by atoms with Gasteiger partial charge in [0.1, 0.15) is 5.75 Å². The quantitative estimate of drug-likeness (QED) is 0.378. The van der Waals surface area contributed by atoms with Crippen molar-refractivity contribution in [2.24, 2.45) is 10.9 Å². The molecule has 3 nitrogen and oxygen atoms in total. The van der Waals surface area contributed by atoms with E-state index in [2.05, 4.69) is 4.99 Å². The number of halogens is 3. The molecular weight excluding hydrogens is 357 g/mol.